The normalized spacial score (nSPS) is 15.3. The molecule has 0 aliphatic heterocycles. The highest BCUT2D eigenvalue weighted by molar-refractivity contribution is 5.16. The fourth-order valence-corrected chi connectivity index (χ4v) is 1.50. The van der Waals surface area contributed by atoms with Crippen LogP contribution in [0.5, 0.6) is 0 Å². The first-order valence-electron chi connectivity index (χ1n) is 5.14. The number of nitrogens with two attached hydrogens (primary N) is 1. The first-order chi connectivity index (χ1) is 6.24. The smallest absolute Gasteiger partial charge is 0.109 e. The standard InChI is InChI=1S/C12H19N/c1-4-10(2)13-11(3)12-8-6-5-7-9-12/h5-11,13H,4H2,1-3H3/p+1/t10-,11+/m0/s1. The van der Waals surface area contributed by atoms with E-state index in [1.807, 2.05) is 0 Å². The molecular formula is C12H20N+. The van der Waals surface area contributed by atoms with E-state index in [0.717, 1.165) is 6.04 Å². The molecule has 0 amide bonds. The van der Waals surface area contributed by atoms with E-state index in [0.29, 0.717) is 6.04 Å². The average Bonchev–Trinajstić information content (AvgIpc) is 2.19. The molecule has 0 aliphatic carbocycles. The summed E-state index contributed by atoms with van der Waals surface area (Å²) in [5, 5.41) is 2.43. The van der Waals surface area contributed by atoms with Crippen LogP contribution in [0.1, 0.15) is 38.8 Å². The minimum absolute atomic E-state index is 0.580. The second kappa shape index (κ2) is 5.03. The first-order valence-corrected chi connectivity index (χ1v) is 5.14. The molecule has 0 saturated heterocycles. The summed E-state index contributed by atoms with van der Waals surface area (Å²) in [6.45, 7) is 6.78. The van der Waals surface area contributed by atoms with Gasteiger partial charge in [0.25, 0.3) is 0 Å². The van der Waals surface area contributed by atoms with Crippen molar-refractivity contribution >= 4 is 0 Å². The van der Waals surface area contributed by atoms with Gasteiger partial charge in [-0.05, 0) is 20.3 Å². The molecule has 2 atom stereocenters. The van der Waals surface area contributed by atoms with Crippen LogP contribution in [-0.2, 0) is 0 Å². The largest absolute Gasteiger partial charge is 0.338 e. The predicted octanol–water partition coefficient (Wildman–Crippen LogP) is 2.11. The van der Waals surface area contributed by atoms with Gasteiger partial charge < -0.3 is 5.32 Å². The summed E-state index contributed by atoms with van der Waals surface area (Å²) in [5.74, 6) is 0. The van der Waals surface area contributed by atoms with Crippen LogP contribution in [0.15, 0.2) is 30.3 Å². The van der Waals surface area contributed by atoms with Crippen LogP contribution in [-0.4, -0.2) is 6.04 Å². The van der Waals surface area contributed by atoms with E-state index in [1.54, 1.807) is 0 Å². The average molecular weight is 178 g/mol. The Morgan fingerprint density at radius 1 is 1.15 bits per heavy atom. The summed E-state index contributed by atoms with van der Waals surface area (Å²) in [6, 6.07) is 12.0. The van der Waals surface area contributed by atoms with E-state index in [-0.39, 0.29) is 0 Å². The maximum Gasteiger partial charge on any atom is 0.109 e. The van der Waals surface area contributed by atoms with Crippen LogP contribution in [0, 0.1) is 0 Å². The summed E-state index contributed by atoms with van der Waals surface area (Å²) in [6.07, 6.45) is 1.23. The van der Waals surface area contributed by atoms with Gasteiger partial charge in [0.05, 0.1) is 6.04 Å². The molecule has 1 heteroatoms. The monoisotopic (exact) mass is 178 g/mol. The van der Waals surface area contributed by atoms with E-state index in [4.69, 9.17) is 0 Å². The minimum atomic E-state index is 0.580. The fraction of sp³-hybridized carbons (Fsp3) is 0.500. The van der Waals surface area contributed by atoms with Crippen molar-refractivity contribution in [2.45, 2.75) is 39.3 Å². The van der Waals surface area contributed by atoms with E-state index < -0.39 is 0 Å². The van der Waals surface area contributed by atoms with Crippen LogP contribution < -0.4 is 5.32 Å². The number of rotatable bonds is 4. The molecule has 0 spiro atoms. The van der Waals surface area contributed by atoms with E-state index in [1.165, 1.54) is 12.0 Å². The lowest BCUT2D eigenvalue weighted by Gasteiger charge is -2.15. The van der Waals surface area contributed by atoms with Gasteiger partial charge in [0.1, 0.15) is 6.04 Å². The zero-order chi connectivity index (χ0) is 9.68. The minimum Gasteiger partial charge on any atom is -0.338 e. The quantitative estimate of drug-likeness (QED) is 0.727. The lowest BCUT2D eigenvalue weighted by Crippen LogP contribution is -2.89. The van der Waals surface area contributed by atoms with Gasteiger partial charge in [0.15, 0.2) is 0 Å². The Balaban J connectivity index is 2.53. The third kappa shape index (κ3) is 3.19. The number of benzene rings is 1. The van der Waals surface area contributed by atoms with Crippen LogP contribution in [0.2, 0.25) is 0 Å². The molecule has 0 unspecified atom stereocenters. The Morgan fingerprint density at radius 2 is 1.77 bits per heavy atom. The van der Waals surface area contributed by atoms with Crippen LogP contribution in [0.3, 0.4) is 0 Å². The van der Waals surface area contributed by atoms with Crippen molar-refractivity contribution in [3.8, 4) is 0 Å². The zero-order valence-corrected chi connectivity index (χ0v) is 8.83. The molecule has 1 nitrogen and oxygen atoms in total. The topological polar surface area (TPSA) is 16.6 Å². The summed E-state index contributed by atoms with van der Waals surface area (Å²) in [7, 11) is 0. The molecule has 0 aliphatic rings. The Bertz CT molecular complexity index is 230. The third-order valence-corrected chi connectivity index (χ3v) is 2.59. The highest BCUT2D eigenvalue weighted by atomic mass is 14.9. The van der Waals surface area contributed by atoms with Crippen molar-refractivity contribution in [1.82, 2.24) is 0 Å². The van der Waals surface area contributed by atoms with Crippen molar-refractivity contribution in [2.24, 2.45) is 0 Å². The molecule has 2 N–H and O–H groups in total. The van der Waals surface area contributed by atoms with Crippen molar-refractivity contribution in [3.05, 3.63) is 35.9 Å². The van der Waals surface area contributed by atoms with Crippen LogP contribution >= 0.6 is 0 Å². The lowest BCUT2D eigenvalue weighted by atomic mass is 10.1. The zero-order valence-electron chi connectivity index (χ0n) is 8.83. The number of hydrogen-bond donors (Lipinski definition) is 1. The highest BCUT2D eigenvalue weighted by Gasteiger charge is 2.10. The molecule has 1 aromatic rings. The van der Waals surface area contributed by atoms with Crippen molar-refractivity contribution in [2.75, 3.05) is 0 Å². The molecule has 13 heavy (non-hydrogen) atoms. The summed E-state index contributed by atoms with van der Waals surface area (Å²) in [5.41, 5.74) is 1.42. The maximum atomic E-state index is 2.43. The fourth-order valence-electron chi connectivity index (χ4n) is 1.50. The molecule has 0 heterocycles. The summed E-state index contributed by atoms with van der Waals surface area (Å²) in [4.78, 5) is 0. The Kier molecular flexibility index (Phi) is 3.97. The second-order valence-corrected chi connectivity index (χ2v) is 3.78. The molecule has 1 rings (SSSR count). The Hall–Kier alpha value is -0.820. The molecular weight excluding hydrogens is 158 g/mol. The van der Waals surface area contributed by atoms with Crippen molar-refractivity contribution < 1.29 is 5.32 Å². The molecule has 1 aromatic carbocycles. The lowest BCUT2D eigenvalue weighted by molar-refractivity contribution is -0.722. The van der Waals surface area contributed by atoms with E-state index in [9.17, 15) is 0 Å². The molecule has 72 valence electrons. The van der Waals surface area contributed by atoms with Crippen LogP contribution in [0.25, 0.3) is 0 Å². The maximum absolute atomic E-state index is 2.43. The predicted molar refractivity (Wildman–Crippen MR) is 56.5 cm³/mol. The van der Waals surface area contributed by atoms with Crippen molar-refractivity contribution in [3.63, 3.8) is 0 Å². The third-order valence-electron chi connectivity index (χ3n) is 2.59. The summed E-state index contributed by atoms with van der Waals surface area (Å²) >= 11 is 0. The van der Waals surface area contributed by atoms with E-state index in [2.05, 4.69) is 56.4 Å². The Labute approximate surface area is 81.2 Å². The molecule has 0 aromatic heterocycles. The van der Waals surface area contributed by atoms with Gasteiger partial charge in [-0.15, -0.1) is 0 Å². The molecule has 0 radical (unpaired) electrons. The first kappa shape index (κ1) is 10.3. The Morgan fingerprint density at radius 3 is 2.31 bits per heavy atom. The molecule has 0 bridgehead atoms. The number of hydrogen-bond acceptors (Lipinski definition) is 0. The van der Waals surface area contributed by atoms with Gasteiger partial charge in [-0.25, -0.2) is 0 Å². The number of quaternary nitrogens is 1. The summed E-state index contributed by atoms with van der Waals surface area (Å²) < 4.78 is 0. The second-order valence-electron chi connectivity index (χ2n) is 3.78. The van der Waals surface area contributed by atoms with Gasteiger partial charge in [-0.3, -0.25) is 0 Å². The highest BCUT2D eigenvalue weighted by Crippen LogP contribution is 2.06. The van der Waals surface area contributed by atoms with Gasteiger partial charge >= 0.3 is 0 Å². The van der Waals surface area contributed by atoms with Crippen molar-refractivity contribution in [1.29, 1.82) is 0 Å². The SMILES string of the molecule is CC[C@H](C)[NH2+][C@H](C)c1ccccc1. The molecule has 0 saturated carbocycles. The van der Waals surface area contributed by atoms with Gasteiger partial charge in [-0.2, -0.15) is 0 Å². The van der Waals surface area contributed by atoms with Gasteiger partial charge in [-0.1, -0.05) is 37.3 Å². The van der Waals surface area contributed by atoms with Crippen LogP contribution in [0.4, 0.5) is 0 Å². The molecule has 0 fully saturated rings. The van der Waals surface area contributed by atoms with E-state index >= 15 is 0 Å². The van der Waals surface area contributed by atoms with Gasteiger partial charge in [0.2, 0.25) is 0 Å². The van der Waals surface area contributed by atoms with Gasteiger partial charge in [0, 0.05) is 5.56 Å².